The monoisotopic (exact) mass is 282 g/mol. The van der Waals surface area contributed by atoms with Crippen molar-refractivity contribution in [1.29, 1.82) is 0 Å². The second-order valence-electron chi connectivity index (χ2n) is 6.59. The zero-order chi connectivity index (χ0) is 14.4. The molecule has 1 aliphatic carbocycles. The number of rotatable bonds is 5. The minimum Gasteiger partial charge on any atom is -0.378 e. The lowest BCUT2D eigenvalue weighted by Gasteiger charge is -2.31. The molecule has 1 saturated heterocycles. The molecule has 1 aliphatic heterocycles. The number of ether oxygens (including phenoxy) is 1. The van der Waals surface area contributed by atoms with Crippen LogP contribution in [0.1, 0.15) is 58.3 Å². The molecule has 2 aliphatic rings. The van der Waals surface area contributed by atoms with E-state index >= 15 is 0 Å². The van der Waals surface area contributed by atoms with Crippen LogP contribution in [0.4, 0.5) is 0 Å². The van der Waals surface area contributed by atoms with Gasteiger partial charge in [-0.25, -0.2) is 0 Å². The van der Waals surface area contributed by atoms with E-state index < -0.39 is 0 Å². The first kappa shape index (κ1) is 15.8. The first-order chi connectivity index (χ1) is 9.65. The maximum atomic E-state index is 12.2. The van der Waals surface area contributed by atoms with E-state index in [1.54, 1.807) is 0 Å². The molecule has 2 atom stereocenters. The quantitative estimate of drug-likeness (QED) is 0.842. The third-order valence-electron chi connectivity index (χ3n) is 4.61. The van der Waals surface area contributed by atoms with Gasteiger partial charge in [0.05, 0.1) is 12.5 Å². The summed E-state index contributed by atoms with van der Waals surface area (Å²) in [6.07, 6.45) is 9.24. The number of piperidine rings is 1. The highest BCUT2D eigenvalue weighted by molar-refractivity contribution is 5.76. The highest BCUT2D eigenvalue weighted by Gasteiger charge is 2.23. The molecule has 0 spiro atoms. The molecule has 0 aromatic heterocycles. The Bertz CT molecular complexity index is 303. The molecule has 2 fully saturated rings. The topological polar surface area (TPSA) is 55.6 Å². The lowest BCUT2D eigenvalue weighted by Crippen LogP contribution is -2.46. The van der Waals surface area contributed by atoms with Crippen molar-refractivity contribution in [3.8, 4) is 0 Å². The third-order valence-corrected chi connectivity index (χ3v) is 4.61. The van der Waals surface area contributed by atoms with E-state index in [2.05, 4.69) is 0 Å². The number of amides is 1. The van der Waals surface area contributed by atoms with Crippen LogP contribution in [0.2, 0.25) is 0 Å². The van der Waals surface area contributed by atoms with Crippen LogP contribution in [0.5, 0.6) is 0 Å². The molecule has 0 bridgehead atoms. The Kier molecular flexibility index (Phi) is 6.30. The van der Waals surface area contributed by atoms with Crippen LogP contribution in [0.25, 0.3) is 0 Å². The summed E-state index contributed by atoms with van der Waals surface area (Å²) < 4.78 is 5.89. The molecule has 2 rings (SSSR count). The van der Waals surface area contributed by atoms with Gasteiger partial charge in [0.15, 0.2) is 0 Å². The van der Waals surface area contributed by atoms with Crippen molar-refractivity contribution in [2.24, 2.45) is 11.7 Å². The molecule has 4 nitrogen and oxygen atoms in total. The Balaban J connectivity index is 1.65. The van der Waals surface area contributed by atoms with Crippen LogP contribution >= 0.6 is 0 Å². The molecule has 1 amide bonds. The summed E-state index contributed by atoms with van der Waals surface area (Å²) in [4.78, 5) is 14.1. The molecule has 0 radical (unpaired) electrons. The maximum Gasteiger partial charge on any atom is 0.225 e. The minimum absolute atomic E-state index is 0.0302. The van der Waals surface area contributed by atoms with E-state index in [0.717, 1.165) is 26.0 Å². The normalized spacial score (nSPS) is 26.5. The Hall–Kier alpha value is -0.610. The summed E-state index contributed by atoms with van der Waals surface area (Å²) in [6, 6.07) is 0.158. The average Bonchev–Trinajstić information content (AvgIpc) is 2.46. The highest BCUT2D eigenvalue weighted by Crippen LogP contribution is 2.24. The molecule has 20 heavy (non-hydrogen) atoms. The first-order valence-electron chi connectivity index (χ1n) is 8.30. The zero-order valence-electron chi connectivity index (χ0n) is 12.9. The van der Waals surface area contributed by atoms with Crippen molar-refractivity contribution in [1.82, 2.24) is 4.90 Å². The number of carbonyl (C=O) groups excluding carboxylic acids is 1. The zero-order valence-corrected chi connectivity index (χ0v) is 12.9. The smallest absolute Gasteiger partial charge is 0.225 e. The van der Waals surface area contributed by atoms with E-state index in [1.165, 1.54) is 32.1 Å². The van der Waals surface area contributed by atoms with Gasteiger partial charge in [-0.05, 0) is 38.5 Å². The van der Waals surface area contributed by atoms with E-state index in [4.69, 9.17) is 10.5 Å². The molecule has 0 aromatic carbocycles. The van der Waals surface area contributed by atoms with Gasteiger partial charge in [0.2, 0.25) is 5.91 Å². The summed E-state index contributed by atoms with van der Waals surface area (Å²) in [5.74, 6) is 0.918. The molecule has 4 heteroatoms. The summed E-state index contributed by atoms with van der Waals surface area (Å²) in [6.45, 7) is 4.43. The Labute approximate surface area is 123 Å². The third kappa shape index (κ3) is 5.06. The van der Waals surface area contributed by atoms with Crippen molar-refractivity contribution >= 4 is 5.91 Å². The summed E-state index contributed by atoms with van der Waals surface area (Å²) >= 11 is 0. The minimum atomic E-state index is 0.0302. The molecule has 1 saturated carbocycles. The molecule has 116 valence electrons. The van der Waals surface area contributed by atoms with Gasteiger partial charge in [-0.15, -0.1) is 0 Å². The van der Waals surface area contributed by atoms with Crippen LogP contribution in [-0.2, 0) is 9.53 Å². The SMILES string of the molecule is C[C@H](CC(=O)N1CCCC(N)C1)OCC1CCCCC1. The van der Waals surface area contributed by atoms with Gasteiger partial charge in [0, 0.05) is 25.7 Å². The Morgan fingerprint density at radius 3 is 2.70 bits per heavy atom. The number of likely N-dealkylation sites (tertiary alicyclic amines) is 1. The van der Waals surface area contributed by atoms with Crippen molar-refractivity contribution in [2.45, 2.75) is 70.4 Å². The van der Waals surface area contributed by atoms with Gasteiger partial charge in [-0.2, -0.15) is 0 Å². The van der Waals surface area contributed by atoms with Gasteiger partial charge in [-0.3, -0.25) is 4.79 Å². The van der Waals surface area contributed by atoms with Crippen LogP contribution in [0.3, 0.4) is 0 Å². The van der Waals surface area contributed by atoms with E-state index in [-0.39, 0.29) is 18.1 Å². The molecule has 1 heterocycles. The number of hydrogen-bond donors (Lipinski definition) is 1. The van der Waals surface area contributed by atoms with Gasteiger partial charge in [-0.1, -0.05) is 19.3 Å². The number of hydrogen-bond acceptors (Lipinski definition) is 3. The second-order valence-corrected chi connectivity index (χ2v) is 6.59. The number of carbonyl (C=O) groups is 1. The summed E-state index contributed by atoms with van der Waals surface area (Å²) in [5, 5.41) is 0. The van der Waals surface area contributed by atoms with E-state index in [0.29, 0.717) is 18.9 Å². The van der Waals surface area contributed by atoms with Crippen LogP contribution in [0, 0.1) is 5.92 Å². The van der Waals surface area contributed by atoms with E-state index in [1.807, 2.05) is 11.8 Å². The van der Waals surface area contributed by atoms with Crippen molar-refractivity contribution in [2.75, 3.05) is 19.7 Å². The largest absolute Gasteiger partial charge is 0.378 e. The van der Waals surface area contributed by atoms with Gasteiger partial charge < -0.3 is 15.4 Å². The highest BCUT2D eigenvalue weighted by atomic mass is 16.5. The standard InChI is InChI=1S/C16H30N2O2/c1-13(20-12-14-6-3-2-4-7-14)10-16(19)18-9-5-8-15(17)11-18/h13-15H,2-12,17H2,1H3/t13-,15?/m1/s1. The maximum absolute atomic E-state index is 12.2. The van der Waals surface area contributed by atoms with Crippen molar-refractivity contribution in [3.05, 3.63) is 0 Å². The lowest BCUT2D eigenvalue weighted by atomic mass is 9.90. The number of nitrogens with two attached hydrogens (primary N) is 1. The van der Waals surface area contributed by atoms with Crippen LogP contribution < -0.4 is 5.73 Å². The van der Waals surface area contributed by atoms with Crippen molar-refractivity contribution < 1.29 is 9.53 Å². The van der Waals surface area contributed by atoms with Gasteiger partial charge in [0.25, 0.3) is 0 Å². The van der Waals surface area contributed by atoms with Crippen LogP contribution in [-0.4, -0.2) is 42.6 Å². The number of nitrogens with zero attached hydrogens (tertiary/aromatic N) is 1. The summed E-state index contributed by atoms with van der Waals surface area (Å²) in [7, 11) is 0. The molecular formula is C16H30N2O2. The fourth-order valence-corrected chi connectivity index (χ4v) is 3.32. The molecular weight excluding hydrogens is 252 g/mol. The fourth-order valence-electron chi connectivity index (χ4n) is 3.32. The predicted octanol–water partition coefficient (Wildman–Crippen LogP) is 2.31. The van der Waals surface area contributed by atoms with Crippen LogP contribution in [0.15, 0.2) is 0 Å². The molecule has 2 N–H and O–H groups in total. The lowest BCUT2D eigenvalue weighted by molar-refractivity contribution is -0.135. The van der Waals surface area contributed by atoms with Gasteiger partial charge >= 0.3 is 0 Å². The molecule has 0 aromatic rings. The second kappa shape index (κ2) is 7.99. The molecule has 1 unspecified atom stereocenters. The van der Waals surface area contributed by atoms with Crippen molar-refractivity contribution in [3.63, 3.8) is 0 Å². The van der Waals surface area contributed by atoms with Gasteiger partial charge in [0.1, 0.15) is 0 Å². The average molecular weight is 282 g/mol. The Morgan fingerprint density at radius 2 is 2.00 bits per heavy atom. The predicted molar refractivity (Wildman–Crippen MR) is 80.4 cm³/mol. The summed E-state index contributed by atoms with van der Waals surface area (Å²) in [5.41, 5.74) is 5.92. The first-order valence-corrected chi connectivity index (χ1v) is 8.30. The Morgan fingerprint density at radius 1 is 1.25 bits per heavy atom. The van der Waals surface area contributed by atoms with E-state index in [9.17, 15) is 4.79 Å². The fraction of sp³-hybridized carbons (Fsp3) is 0.938.